The first-order valence-electron chi connectivity index (χ1n) is 8.71. The summed E-state index contributed by atoms with van der Waals surface area (Å²) in [6.07, 6.45) is 1.67. The fourth-order valence-corrected chi connectivity index (χ4v) is 3.28. The van der Waals surface area contributed by atoms with E-state index in [1.54, 1.807) is 17.6 Å². The molecule has 0 aliphatic carbocycles. The highest BCUT2D eigenvalue weighted by Crippen LogP contribution is 2.32. The predicted molar refractivity (Wildman–Crippen MR) is 104 cm³/mol. The minimum Gasteiger partial charge on any atom is -0.454 e. The molecule has 140 valence electrons. The molecule has 0 bridgehead atoms. The van der Waals surface area contributed by atoms with Crippen molar-refractivity contribution in [2.45, 2.75) is 20.0 Å². The van der Waals surface area contributed by atoms with Crippen LogP contribution < -0.4 is 20.1 Å². The predicted octanol–water partition coefficient (Wildman–Crippen LogP) is 3.39. The third-order valence-electron chi connectivity index (χ3n) is 3.92. The van der Waals surface area contributed by atoms with E-state index in [-0.39, 0.29) is 6.79 Å². The zero-order valence-corrected chi connectivity index (χ0v) is 15.7. The van der Waals surface area contributed by atoms with E-state index in [2.05, 4.69) is 20.6 Å². The second-order valence-electron chi connectivity index (χ2n) is 5.86. The highest BCUT2D eigenvalue weighted by atomic mass is 32.1. The molecule has 0 saturated heterocycles. The molecule has 1 aromatic carbocycles. The van der Waals surface area contributed by atoms with Gasteiger partial charge in [0.1, 0.15) is 6.26 Å². The van der Waals surface area contributed by atoms with Gasteiger partial charge >= 0.3 is 0 Å². The molecule has 0 fully saturated rings. The molecular formula is C19H20N4O3S. The van der Waals surface area contributed by atoms with Gasteiger partial charge in [-0.1, -0.05) is 12.1 Å². The van der Waals surface area contributed by atoms with Crippen molar-refractivity contribution in [2.24, 2.45) is 4.99 Å². The number of hydrogen-bond donors (Lipinski definition) is 2. The summed E-state index contributed by atoms with van der Waals surface area (Å²) in [5, 5.41) is 8.52. The highest BCUT2D eigenvalue weighted by Gasteiger charge is 2.13. The molecule has 0 saturated carbocycles. The number of oxazole rings is 1. The quantitative estimate of drug-likeness (QED) is 0.501. The lowest BCUT2D eigenvalue weighted by Gasteiger charge is -2.10. The van der Waals surface area contributed by atoms with Gasteiger partial charge in [-0.25, -0.2) is 9.98 Å². The van der Waals surface area contributed by atoms with Crippen molar-refractivity contribution in [3.63, 3.8) is 0 Å². The summed E-state index contributed by atoms with van der Waals surface area (Å²) in [6.45, 7) is 4.14. The number of aliphatic imine (C=N–C) groups is 1. The molecule has 4 rings (SSSR count). The zero-order chi connectivity index (χ0) is 18.5. The summed E-state index contributed by atoms with van der Waals surface area (Å²) < 4.78 is 16.3. The van der Waals surface area contributed by atoms with E-state index in [4.69, 9.17) is 13.9 Å². The van der Waals surface area contributed by atoms with Crippen molar-refractivity contribution in [1.82, 2.24) is 15.6 Å². The third-order valence-corrected chi connectivity index (χ3v) is 4.78. The van der Waals surface area contributed by atoms with Gasteiger partial charge in [0.2, 0.25) is 12.7 Å². The van der Waals surface area contributed by atoms with Crippen LogP contribution in [0.4, 0.5) is 0 Å². The Kier molecular flexibility index (Phi) is 5.24. The summed E-state index contributed by atoms with van der Waals surface area (Å²) in [5.74, 6) is 2.91. The Balaban J connectivity index is 1.38. The van der Waals surface area contributed by atoms with Crippen molar-refractivity contribution in [1.29, 1.82) is 0 Å². The minimum absolute atomic E-state index is 0.275. The first kappa shape index (κ1) is 17.4. The maximum absolute atomic E-state index is 5.55. The number of nitrogens with zero attached hydrogens (tertiary/aromatic N) is 2. The van der Waals surface area contributed by atoms with Crippen molar-refractivity contribution < 1.29 is 13.9 Å². The van der Waals surface area contributed by atoms with E-state index >= 15 is 0 Å². The SMILES string of the molecule is CCNC(=NCc1ccc2c(c1)OCO2)NCc1coc(-c2cccs2)n1. The van der Waals surface area contributed by atoms with Gasteiger partial charge in [0, 0.05) is 6.54 Å². The van der Waals surface area contributed by atoms with Crippen LogP contribution in [0.3, 0.4) is 0 Å². The van der Waals surface area contributed by atoms with Crippen molar-refractivity contribution in [3.05, 3.63) is 53.2 Å². The Labute approximate surface area is 161 Å². The van der Waals surface area contributed by atoms with Gasteiger partial charge in [-0.3, -0.25) is 0 Å². The average Bonchev–Trinajstić information content (AvgIpc) is 3.44. The Hall–Kier alpha value is -3.00. The Bertz CT molecular complexity index is 921. The number of rotatable bonds is 6. The number of fused-ring (bicyclic) bond motifs is 1. The number of ether oxygens (including phenoxy) is 2. The molecule has 1 aliphatic heterocycles. The van der Waals surface area contributed by atoms with Crippen LogP contribution in [0, 0.1) is 0 Å². The van der Waals surface area contributed by atoms with Crippen LogP contribution in [0.1, 0.15) is 18.2 Å². The first-order valence-corrected chi connectivity index (χ1v) is 9.59. The Morgan fingerprint density at radius 3 is 3.00 bits per heavy atom. The Morgan fingerprint density at radius 1 is 1.22 bits per heavy atom. The lowest BCUT2D eigenvalue weighted by atomic mass is 10.2. The number of benzene rings is 1. The van der Waals surface area contributed by atoms with Crippen molar-refractivity contribution in [2.75, 3.05) is 13.3 Å². The molecule has 0 amide bonds. The molecule has 0 unspecified atom stereocenters. The largest absolute Gasteiger partial charge is 0.454 e. The summed E-state index contributed by atoms with van der Waals surface area (Å²) in [6, 6.07) is 9.83. The van der Waals surface area contributed by atoms with Crippen LogP contribution in [-0.4, -0.2) is 24.3 Å². The molecule has 8 heteroatoms. The van der Waals surface area contributed by atoms with Gasteiger partial charge in [0.05, 0.1) is 23.7 Å². The first-order chi connectivity index (χ1) is 13.3. The van der Waals surface area contributed by atoms with E-state index in [0.717, 1.165) is 40.1 Å². The maximum Gasteiger partial charge on any atom is 0.236 e. The number of aromatic nitrogens is 1. The molecule has 3 aromatic rings. The second kappa shape index (κ2) is 8.13. The van der Waals surface area contributed by atoms with Gasteiger partial charge in [-0.05, 0) is 36.1 Å². The van der Waals surface area contributed by atoms with E-state index < -0.39 is 0 Å². The summed E-state index contributed by atoms with van der Waals surface area (Å²) in [4.78, 5) is 10.2. The molecule has 7 nitrogen and oxygen atoms in total. The molecule has 0 spiro atoms. The smallest absolute Gasteiger partial charge is 0.236 e. The van der Waals surface area contributed by atoms with Gasteiger partial charge in [0.25, 0.3) is 0 Å². The van der Waals surface area contributed by atoms with Crippen LogP contribution in [0.15, 0.2) is 51.4 Å². The summed E-state index contributed by atoms with van der Waals surface area (Å²) in [7, 11) is 0. The fraction of sp³-hybridized carbons (Fsp3) is 0.263. The topological polar surface area (TPSA) is 80.9 Å². The van der Waals surface area contributed by atoms with Crippen LogP contribution in [-0.2, 0) is 13.1 Å². The van der Waals surface area contributed by atoms with Crippen LogP contribution in [0.5, 0.6) is 11.5 Å². The lowest BCUT2D eigenvalue weighted by Crippen LogP contribution is -2.36. The van der Waals surface area contributed by atoms with Gasteiger partial charge < -0.3 is 24.5 Å². The molecule has 27 heavy (non-hydrogen) atoms. The second-order valence-corrected chi connectivity index (χ2v) is 6.81. The van der Waals surface area contributed by atoms with Crippen molar-refractivity contribution >= 4 is 17.3 Å². The monoisotopic (exact) mass is 384 g/mol. The van der Waals surface area contributed by atoms with Crippen LogP contribution in [0.2, 0.25) is 0 Å². The molecule has 2 N–H and O–H groups in total. The van der Waals surface area contributed by atoms with Gasteiger partial charge in [-0.2, -0.15) is 0 Å². The van der Waals surface area contributed by atoms with E-state index in [0.29, 0.717) is 19.0 Å². The third kappa shape index (κ3) is 4.22. The van der Waals surface area contributed by atoms with Crippen molar-refractivity contribution in [3.8, 4) is 22.3 Å². The summed E-state index contributed by atoms with van der Waals surface area (Å²) >= 11 is 1.60. The molecule has 3 heterocycles. The molecule has 1 aliphatic rings. The van der Waals surface area contributed by atoms with Gasteiger partial charge in [-0.15, -0.1) is 11.3 Å². The molecule has 0 radical (unpaired) electrons. The van der Waals surface area contributed by atoms with Crippen LogP contribution in [0.25, 0.3) is 10.8 Å². The lowest BCUT2D eigenvalue weighted by molar-refractivity contribution is 0.174. The highest BCUT2D eigenvalue weighted by molar-refractivity contribution is 7.13. The maximum atomic E-state index is 5.55. The average molecular weight is 384 g/mol. The number of hydrogen-bond acceptors (Lipinski definition) is 6. The fourth-order valence-electron chi connectivity index (χ4n) is 2.63. The zero-order valence-electron chi connectivity index (χ0n) is 14.9. The minimum atomic E-state index is 0.275. The molecule has 0 atom stereocenters. The standard InChI is InChI=1S/C19H20N4O3S/c1-2-20-19(21-9-13-5-6-15-16(8-13)26-12-25-15)22-10-14-11-24-18(23-14)17-4-3-7-27-17/h3-8,11H,2,9-10,12H2,1H3,(H2,20,21,22). The van der Waals surface area contributed by atoms with Gasteiger partial charge in [0.15, 0.2) is 17.5 Å². The Morgan fingerprint density at radius 2 is 2.15 bits per heavy atom. The number of guanidine groups is 1. The van der Waals surface area contributed by atoms with E-state index in [9.17, 15) is 0 Å². The van der Waals surface area contributed by atoms with E-state index in [1.807, 2.05) is 42.6 Å². The molecular weight excluding hydrogens is 364 g/mol. The molecule has 2 aromatic heterocycles. The number of thiophene rings is 1. The van der Waals surface area contributed by atoms with Crippen LogP contribution >= 0.6 is 11.3 Å². The summed E-state index contributed by atoms with van der Waals surface area (Å²) in [5.41, 5.74) is 1.88. The number of nitrogens with one attached hydrogen (secondary N) is 2. The van der Waals surface area contributed by atoms with E-state index in [1.165, 1.54) is 0 Å². The normalized spacial score (nSPS) is 13.0.